The first kappa shape index (κ1) is 18.4. The number of carboxylic acids is 1. The normalized spacial score (nSPS) is 15.5. The molecule has 1 aromatic heterocycles. The van der Waals surface area contributed by atoms with Crippen molar-refractivity contribution in [2.45, 2.75) is 25.2 Å². The van der Waals surface area contributed by atoms with Crippen LogP contribution >= 0.6 is 0 Å². The molecular weight excluding hydrogens is 380 g/mol. The zero-order valence-corrected chi connectivity index (χ0v) is 16.2. The number of hydrogen-bond donors (Lipinski definition) is 1. The minimum absolute atomic E-state index is 0.0416. The maximum absolute atomic E-state index is 12.5. The monoisotopic (exact) mass is 400 g/mol. The number of carbonyl (C=O) groups excluding carboxylic acids is 1. The largest absolute Gasteiger partial charge is 0.482 e. The van der Waals surface area contributed by atoms with Gasteiger partial charge in [-0.2, -0.15) is 0 Å². The molecule has 150 valence electrons. The summed E-state index contributed by atoms with van der Waals surface area (Å²) in [7, 11) is 0. The molecule has 1 fully saturated rings. The predicted octanol–water partition coefficient (Wildman–Crippen LogP) is 4.31. The molecule has 2 heterocycles. The van der Waals surface area contributed by atoms with E-state index >= 15 is 0 Å². The Morgan fingerprint density at radius 3 is 2.67 bits per heavy atom. The van der Waals surface area contributed by atoms with Crippen molar-refractivity contribution in [2.24, 2.45) is 0 Å². The molecule has 1 aliphatic heterocycles. The number of para-hydroxylation sites is 1. The van der Waals surface area contributed by atoms with Gasteiger partial charge in [0, 0.05) is 18.3 Å². The highest BCUT2D eigenvalue weighted by Crippen LogP contribution is 2.41. The third-order valence-electron chi connectivity index (χ3n) is 5.52. The molecule has 1 saturated carbocycles. The number of carbonyl (C=O) groups is 2. The van der Waals surface area contributed by atoms with Gasteiger partial charge in [0.2, 0.25) is 0 Å². The molecule has 6 nitrogen and oxygen atoms in total. The van der Waals surface area contributed by atoms with E-state index in [-0.39, 0.29) is 18.1 Å². The highest BCUT2D eigenvalue weighted by molar-refractivity contribution is 6.04. The molecule has 5 rings (SSSR count). The van der Waals surface area contributed by atoms with E-state index in [2.05, 4.69) is 4.98 Å². The number of amides is 1. The Bertz CT molecular complexity index is 1140. The number of benzene rings is 2. The van der Waals surface area contributed by atoms with Crippen LogP contribution in [0.5, 0.6) is 5.75 Å². The van der Waals surface area contributed by atoms with Gasteiger partial charge in [-0.15, -0.1) is 0 Å². The minimum atomic E-state index is -0.963. The third kappa shape index (κ3) is 3.41. The van der Waals surface area contributed by atoms with Gasteiger partial charge in [0.1, 0.15) is 5.75 Å². The lowest BCUT2D eigenvalue weighted by Gasteiger charge is -2.29. The molecule has 1 amide bonds. The average Bonchev–Trinajstić information content (AvgIpc) is 3.60. The Hall–Kier alpha value is -3.67. The Morgan fingerprint density at radius 2 is 1.93 bits per heavy atom. The fourth-order valence-corrected chi connectivity index (χ4v) is 3.84. The van der Waals surface area contributed by atoms with Crippen molar-refractivity contribution in [3.05, 3.63) is 83.2 Å². The zero-order chi connectivity index (χ0) is 20.7. The number of ether oxygens (including phenoxy) is 1. The van der Waals surface area contributed by atoms with Crippen molar-refractivity contribution >= 4 is 23.3 Å². The molecular formula is C24H20N2O4. The fourth-order valence-electron chi connectivity index (χ4n) is 3.84. The van der Waals surface area contributed by atoms with Crippen LogP contribution in [0.2, 0.25) is 0 Å². The van der Waals surface area contributed by atoms with Crippen LogP contribution in [-0.4, -0.2) is 28.6 Å². The Morgan fingerprint density at radius 1 is 1.13 bits per heavy atom. The van der Waals surface area contributed by atoms with Crippen molar-refractivity contribution < 1.29 is 19.4 Å². The quantitative estimate of drug-likeness (QED) is 0.691. The van der Waals surface area contributed by atoms with E-state index in [9.17, 15) is 14.7 Å². The Balaban J connectivity index is 1.47. The van der Waals surface area contributed by atoms with Gasteiger partial charge in [-0.3, -0.25) is 14.7 Å². The van der Waals surface area contributed by atoms with Gasteiger partial charge >= 0.3 is 5.97 Å². The number of fused-ring (bicyclic) bond motifs is 1. The van der Waals surface area contributed by atoms with Crippen LogP contribution in [0.4, 0.5) is 11.4 Å². The van der Waals surface area contributed by atoms with Crippen molar-refractivity contribution in [1.82, 2.24) is 4.98 Å². The van der Waals surface area contributed by atoms with E-state index in [0.717, 1.165) is 29.7 Å². The molecule has 0 atom stereocenters. The summed E-state index contributed by atoms with van der Waals surface area (Å²) < 4.78 is 5.67. The average molecular weight is 400 g/mol. The van der Waals surface area contributed by atoms with Gasteiger partial charge in [-0.05, 0) is 60.2 Å². The maximum Gasteiger partial charge on any atom is 0.337 e. The number of anilines is 2. The van der Waals surface area contributed by atoms with Crippen molar-refractivity contribution in [3.63, 3.8) is 0 Å². The Labute approximate surface area is 173 Å². The molecule has 1 aliphatic carbocycles. The number of carboxylic acid groups (broad SMARTS) is 1. The summed E-state index contributed by atoms with van der Waals surface area (Å²) in [6.07, 6.45) is 4.37. The summed E-state index contributed by atoms with van der Waals surface area (Å²) >= 11 is 0. The molecule has 3 aromatic rings. The SMILES string of the molecule is O=C(O)c1cc(C2CC2)cnc1Cc1ccc2c(c1)OCC(=O)N2c1ccccc1. The minimum Gasteiger partial charge on any atom is -0.482 e. The number of rotatable bonds is 5. The van der Waals surface area contributed by atoms with Crippen LogP contribution < -0.4 is 9.64 Å². The van der Waals surface area contributed by atoms with Crippen molar-refractivity contribution in [2.75, 3.05) is 11.5 Å². The van der Waals surface area contributed by atoms with Crippen LogP contribution in [-0.2, 0) is 11.2 Å². The lowest BCUT2D eigenvalue weighted by atomic mass is 10.0. The second-order valence-electron chi connectivity index (χ2n) is 7.67. The summed E-state index contributed by atoms with van der Waals surface area (Å²) in [6.45, 7) is -0.0416. The zero-order valence-electron chi connectivity index (χ0n) is 16.2. The molecule has 0 radical (unpaired) electrons. The molecule has 0 unspecified atom stereocenters. The van der Waals surface area contributed by atoms with Gasteiger partial charge in [0.25, 0.3) is 5.91 Å². The fraction of sp³-hybridized carbons (Fsp3) is 0.208. The van der Waals surface area contributed by atoms with Crippen LogP contribution in [0, 0.1) is 0 Å². The first-order valence-corrected chi connectivity index (χ1v) is 9.96. The Kier molecular flexibility index (Phi) is 4.47. The van der Waals surface area contributed by atoms with E-state index in [1.165, 1.54) is 0 Å². The van der Waals surface area contributed by atoms with Gasteiger partial charge in [0.05, 0.1) is 16.9 Å². The number of pyridine rings is 1. The molecule has 6 heteroatoms. The standard InChI is InChI=1S/C24H20N2O4/c27-23-14-30-22-11-15(6-9-21(22)26(23)18-4-2-1-3-5-18)10-20-19(24(28)29)12-17(13-25-20)16-7-8-16/h1-6,9,11-13,16H,7-8,10,14H2,(H,28,29). The third-order valence-corrected chi connectivity index (χ3v) is 5.52. The lowest BCUT2D eigenvalue weighted by Crippen LogP contribution is -2.35. The molecule has 1 N–H and O–H groups in total. The van der Waals surface area contributed by atoms with E-state index in [0.29, 0.717) is 29.5 Å². The van der Waals surface area contributed by atoms with E-state index in [1.54, 1.807) is 17.2 Å². The summed E-state index contributed by atoms with van der Waals surface area (Å²) in [5, 5.41) is 9.64. The van der Waals surface area contributed by atoms with Gasteiger partial charge in [-0.25, -0.2) is 4.79 Å². The number of hydrogen-bond acceptors (Lipinski definition) is 4. The van der Waals surface area contributed by atoms with E-state index in [4.69, 9.17) is 4.74 Å². The molecule has 0 bridgehead atoms. The molecule has 2 aliphatic rings. The topological polar surface area (TPSA) is 79.7 Å². The number of aromatic nitrogens is 1. The molecule has 0 saturated heterocycles. The van der Waals surface area contributed by atoms with Gasteiger partial charge in [0.15, 0.2) is 6.61 Å². The maximum atomic E-state index is 12.5. The van der Waals surface area contributed by atoms with Crippen LogP contribution in [0.15, 0.2) is 60.8 Å². The smallest absolute Gasteiger partial charge is 0.337 e. The second-order valence-corrected chi connectivity index (χ2v) is 7.67. The van der Waals surface area contributed by atoms with E-state index in [1.807, 2.05) is 48.5 Å². The summed E-state index contributed by atoms with van der Waals surface area (Å²) in [5.41, 5.74) is 4.12. The number of nitrogens with zero attached hydrogens (tertiary/aromatic N) is 2. The van der Waals surface area contributed by atoms with Crippen molar-refractivity contribution in [1.29, 1.82) is 0 Å². The van der Waals surface area contributed by atoms with Crippen LogP contribution in [0.3, 0.4) is 0 Å². The predicted molar refractivity (Wildman–Crippen MR) is 112 cm³/mol. The van der Waals surface area contributed by atoms with Gasteiger partial charge in [-0.1, -0.05) is 24.3 Å². The molecule has 0 spiro atoms. The van der Waals surface area contributed by atoms with E-state index < -0.39 is 5.97 Å². The summed E-state index contributed by atoms with van der Waals surface area (Å²) in [5.74, 6) is -0.0484. The summed E-state index contributed by atoms with van der Waals surface area (Å²) in [6, 6.07) is 16.8. The summed E-state index contributed by atoms with van der Waals surface area (Å²) in [4.78, 5) is 30.3. The molecule has 2 aromatic carbocycles. The highest BCUT2D eigenvalue weighted by atomic mass is 16.5. The second kappa shape index (κ2) is 7.30. The first-order valence-electron chi connectivity index (χ1n) is 9.96. The highest BCUT2D eigenvalue weighted by Gasteiger charge is 2.28. The van der Waals surface area contributed by atoms with Crippen LogP contribution in [0.25, 0.3) is 0 Å². The van der Waals surface area contributed by atoms with Crippen molar-refractivity contribution in [3.8, 4) is 5.75 Å². The van der Waals surface area contributed by atoms with Gasteiger partial charge < -0.3 is 9.84 Å². The number of aromatic carboxylic acids is 1. The first-order chi connectivity index (χ1) is 14.6. The van der Waals surface area contributed by atoms with Crippen LogP contribution in [0.1, 0.15) is 45.9 Å². The molecule has 30 heavy (non-hydrogen) atoms. The lowest BCUT2D eigenvalue weighted by molar-refractivity contribution is -0.120.